The second kappa shape index (κ2) is 11.0. The summed E-state index contributed by atoms with van der Waals surface area (Å²) in [6.07, 6.45) is 5.89. The van der Waals surface area contributed by atoms with Gasteiger partial charge < -0.3 is 10.4 Å². The monoisotopic (exact) mass is 426 g/mol. The Balaban J connectivity index is 2.23. The third kappa shape index (κ3) is 5.97. The van der Waals surface area contributed by atoms with Crippen molar-refractivity contribution in [2.24, 2.45) is 5.84 Å². The number of hydrogen-bond acceptors (Lipinski definition) is 7. The Kier molecular flexibility index (Phi) is 8.42. The number of hydrazine groups is 1. The van der Waals surface area contributed by atoms with Crippen LogP contribution in [0, 0.1) is 0 Å². The first-order valence-electron chi connectivity index (χ1n) is 9.66. The van der Waals surface area contributed by atoms with Gasteiger partial charge in [-0.1, -0.05) is 30.9 Å². The molecule has 1 aliphatic rings. The molecule has 1 fully saturated rings. The summed E-state index contributed by atoms with van der Waals surface area (Å²) in [4.78, 5) is 48.0. The van der Waals surface area contributed by atoms with Crippen LogP contribution in [0.3, 0.4) is 0 Å². The third-order valence-electron chi connectivity index (χ3n) is 4.81. The summed E-state index contributed by atoms with van der Waals surface area (Å²) in [5, 5.41) is 15.1. The Labute approximate surface area is 180 Å². The van der Waals surface area contributed by atoms with Crippen LogP contribution in [-0.4, -0.2) is 53.3 Å². The number of carbonyl (C=O) groups excluding carboxylic acids is 4. The summed E-state index contributed by atoms with van der Waals surface area (Å²) in [5.41, 5.74) is 2.11. The lowest BCUT2D eigenvalue weighted by Gasteiger charge is -2.29. The van der Waals surface area contributed by atoms with Crippen molar-refractivity contribution in [3.05, 3.63) is 65.3 Å². The van der Waals surface area contributed by atoms with Crippen molar-refractivity contribution in [1.82, 2.24) is 10.3 Å². The number of allylic oxidation sites excluding steroid dienone is 2. The molecule has 164 valence electrons. The molecule has 0 spiro atoms. The van der Waals surface area contributed by atoms with Crippen LogP contribution in [0.15, 0.2) is 54.2 Å². The third-order valence-corrected chi connectivity index (χ3v) is 4.81. The van der Waals surface area contributed by atoms with Crippen molar-refractivity contribution in [3.63, 3.8) is 0 Å². The normalized spacial score (nSPS) is 17.1. The number of amides is 3. The van der Waals surface area contributed by atoms with Gasteiger partial charge in [0.2, 0.25) is 5.91 Å². The molecule has 0 bridgehead atoms. The molecule has 1 heterocycles. The van der Waals surface area contributed by atoms with Crippen molar-refractivity contribution in [1.29, 1.82) is 0 Å². The summed E-state index contributed by atoms with van der Waals surface area (Å²) in [7, 11) is 0. The minimum Gasteiger partial charge on any atom is -0.392 e. The van der Waals surface area contributed by atoms with Gasteiger partial charge in [0.05, 0.1) is 17.7 Å². The maximum atomic E-state index is 12.9. The first-order valence-corrected chi connectivity index (χ1v) is 9.66. The number of imide groups is 1. The zero-order chi connectivity index (χ0) is 23.0. The van der Waals surface area contributed by atoms with Gasteiger partial charge in [-0.05, 0) is 36.6 Å². The fourth-order valence-corrected chi connectivity index (χ4v) is 2.96. The quantitative estimate of drug-likeness (QED) is 0.116. The smallest absolute Gasteiger partial charge is 0.269 e. The van der Waals surface area contributed by atoms with Crippen molar-refractivity contribution in [2.45, 2.75) is 25.8 Å². The molecule has 5 N–H and O–H groups in total. The van der Waals surface area contributed by atoms with Crippen LogP contribution in [-0.2, 0) is 9.59 Å². The van der Waals surface area contributed by atoms with Crippen molar-refractivity contribution in [3.8, 4) is 0 Å². The van der Waals surface area contributed by atoms with E-state index in [-0.39, 0.29) is 30.6 Å². The van der Waals surface area contributed by atoms with E-state index < -0.39 is 23.8 Å². The largest absolute Gasteiger partial charge is 0.392 e. The Morgan fingerprint density at radius 3 is 2.74 bits per heavy atom. The number of anilines is 1. The molecule has 1 atom stereocenters. The van der Waals surface area contributed by atoms with Crippen LogP contribution in [0.2, 0.25) is 0 Å². The van der Waals surface area contributed by atoms with Gasteiger partial charge in [-0.15, -0.1) is 0 Å². The van der Waals surface area contributed by atoms with Crippen LogP contribution in [0.25, 0.3) is 0 Å². The molecule has 9 heteroatoms. The average Bonchev–Trinajstić information content (AvgIpc) is 2.77. The Morgan fingerprint density at radius 2 is 2.13 bits per heavy atom. The van der Waals surface area contributed by atoms with E-state index in [0.29, 0.717) is 18.5 Å². The molecule has 1 unspecified atom stereocenters. The molecular formula is C22H26N4O5. The second-order valence-electron chi connectivity index (χ2n) is 7.03. The lowest BCUT2D eigenvalue weighted by Crippen LogP contribution is -2.57. The minimum atomic E-state index is -1.00. The average molecular weight is 426 g/mol. The molecule has 9 nitrogen and oxygen atoms in total. The Bertz CT molecular complexity index is 951. The first kappa shape index (κ1) is 23.7. The summed E-state index contributed by atoms with van der Waals surface area (Å²) in [5.74, 6) is 4.11. The molecule has 0 radical (unpaired) electrons. The number of benzene rings is 1. The maximum absolute atomic E-state index is 12.9. The highest BCUT2D eigenvalue weighted by atomic mass is 16.3. The molecular weight excluding hydrogens is 400 g/mol. The SMILES string of the molecule is C=C/C(=C\C=C(/C)CO)CNc1cccc(C(=O)N(N)C2CCC(=O)NC2=O)c1C=O. The van der Waals surface area contributed by atoms with Gasteiger partial charge in [-0.2, -0.15) is 0 Å². The highest BCUT2D eigenvalue weighted by Gasteiger charge is 2.34. The van der Waals surface area contributed by atoms with Gasteiger partial charge in [0.15, 0.2) is 6.29 Å². The number of carbonyl (C=O) groups is 4. The molecule has 0 saturated carbocycles. The number of nitrogens with one attached hydrogen (secondary N) is 2. The number of aliphatic hydroxyl groups is 1. The number of aliphatic hydroxyl groups excluding tert-OH is 1. The van der Waals surface area contributed by atoms with E-state index in [1.54, 1.807) is 37.3 Å². The highest BCUT2D eigenvalue weighted by molar-refractivity contribution is 6.07. The lowest BCUT2D eigenvalue weighted by molar-refractivity contribution is -0.136. The van der Waals surface area contributed by atoms with Gasteiger partial charge >= 0.3 is 0 Å². The molecule has 0 aromatic heterocycles. The summed E-state index contributed by atoms with van der Waals surface area (Å²) >= 11 is 0. The van der Waals surface area contributed by atoms with E-state index in [9.17, 15) is 19.2 Å². The van der Waals surface area contributed by atoms with Gasteiger partial charge in [0.25, 0.3) is 11.8 Å². The van der Waals surface area contributed by atoms with Gasteiger partial charge in [0, 0.05) is 18.7 Å². The van der Waals surface area contributed by atoms with Crippen LogP contribution in [0.4, 0.5) is 5.69 Å². The predicted molar refractivity (Wildman–Crippen MR) is 116 cm³/mol. The van der Waals surface area contributed by atoms with E-state index in [1.807, 2.05) is 0 Å². The van der Waals surface area contributed by atoms with Crippen LogP contribution >= 0.6 is 0 Å². The number of nitrogens with zero attached hydrogens (tertiary/aromatic N) is 1. The van der Waals surface area contributed by atoms with E-state index >= 15 is 0 Å². The Hall–Kier alpha value is -3.56. The Morgan fingerprint density at radius 1 is 1.39 bits per heavy atom. The molecule has 3 amide bonds. The minimum absolute atomic E-state index is 0.0346. The number of aldehydes is 1. The molecule has 2 rings (SSSR count). The van der Waals surface area contributed by atoms with Crippen molar-refractivity contribution < 1.29 is 24.3 Å². The van der Waals surface area contributed by atoms with Crippen LogP contribution in [0.5, 0.6) is 0 Å². The van der Waals surface area contributed by atoms with Gasteiger partial charge in [-0.25, -0.2) is 5.84 Å². The van der Waals surface area contributed by atoms with Crippen molar-refractivity contribution >= 4 is 29.7 Å². The number of rotatable bonds is 9. The predicted octanol–water partition coefficient (Wildman–Crippen LogP) is 1.08. The second-order valence-corrected chi connectivity index (χ2v) is 7.03. The molecule has 1 saturated heterocycles. The first-order chi connectivity index (χ1) is 14.8. The highest BCUT2D eigenvalue weighted by Crippen LogP contribution is 2.21. The molecule has 1 aliphatic heterocycles. The summed E-state index contributed by atoms with van der Waals surface area (Å²) in [6, 6.07) is 3.68. The summed E-state index contributed by atoms with van der Waals surface area (Å²) in [6.45, 7) is 5.78. The molecule has 31 heavy (non-hydrogen) atoms. The van der Waals surface area contributed by atoms with E-state index in [2.05, 4.69) is 17.2 Å². The van der Waals surface area contributed by atoms with Crippen LogP contribution < -0.4 is 16.5 Å². The number of hydrogen-bond donors (Lipinski definition) is 4. The fraction of sp³-hybridized carbons (Fsp3) is 0.273. The topological polar surface area (TPSA) is 142 Å². The van der Waals surface area contributed by atoms with E-state index in [4.69, 9.17) is 10.9 Å². The maximum Gasteiger partial charge on any atom is 0.269 e. The number of piperidine rings is 1. The van der Waals surface area contributed by atoms with Gasteiger partial charge in [-0.3, -0.25) is 29.5 Å². The zero-order valence-electron chi connectivity index (χ0n) is 17.3. The van der Waals surface area contributed by atoms with Crippen molar-refractivity contribution in [2.75, 3.05) is 18.5 Å². The fourth-order valence-electron chi connectivity index (χ4n) is 2.96. The zero-order valence-corrected chi connectivity index (χ0v) is 17.3. The van der Waals surface area contributed by atoms with E-state index in [1.165, 1.54) is 6.07 Å². The lowest BCUT2D eigenvalue weighted by atomic mass is 10.0. The van der Waals surface area contributed by atoms with Crippen LogP contribution in [0.1, 0.15) is 40.5 Å². The standard InChI is InChI=1S/C22H26N4O5/c1-3-15(8-7-14(2)12-27)11-24-18-6-4-5-16(17(18)13-28)22(31)26(23)19-9-10-20(29)25-21(19)30/h3-8,13,19,24,27H,1,9-12,23H2,2H3,(H,25,29,30)/b14-7+,15-8+. The molecule has 0 aliphatic carbocycles. The number of nitrogens with two attached hydrogens (primary N) is 1. The summed E-state index contributed by atoms with van der Waals surface area (Å²) < 4.78 is 0. The molecule has 1 aromatic carbocycles. The van der Waals surface area contributed by atoms with E-state index in [0.717, 1.165) is 16.2 Å². The van der Waals surface area contributed by atoms with Gasteiger partial charge in [0.1, 0.15) is 6.04 Å². The molecule has 1 aromatic rings.